The number of rotatable bonds is 4. The normalized spacial score (nSPS) is 14.5. The highest BCUT2D eigenvalue weighted by Crippen LogP contribution is 2.23. The fraction of sp³-hybridized carbons (Fsp3) is 0.300. The quantitative estimate of drug-likeness (QED) is 0.527. The van der Waals surface area contributed by atoms with Crippen LogP contribution in [0.15, 0.2) is 24.3 Å². The lowest BCUT2D eigenvalue weighted by Crippen LogP contribution is -2.31. The number of carboxylic acid groups (broad SMARTS) is 1. The molecule has 1 aromatic carbocycles. The second-order valence-corrected chi connectivity index (χ2v) is 3.33. The zero-order valence-electron chi connectivity index (χ0n) is 8.13. The van der Waals surface area contributed by atoms with Crippen molar-refractivity contribution in [2.24, 2.45) is 5.73 Å². The molecule has 1 rings (SSSR count). The summed E-state index contributed by atoms with van der Waals surface area (Å²) in [4.78, 5) is 10.5. The minimum atomic E-state index is -1.14. The van der Waals surface area contributed by atoms with Gasteiger partial charge < -0.3 is 21.7 Å². The summed E-state index contributed by atoms with van der Waals surface area (Å²) in [7, 11) is 0. The first-order valence-electron chi connectivity index (χ1n) is 4.53. The highest BCUT2D eigenvalue weighted by atomic mass is 16.4. The average Bonchev–Trinajstić information content (AvgIpc) is 2.18. The van der Waals surface area contributed by atoms with E-state index in [1.807, 2.05) is 0 Å². The SMILES string of the molecule is Nc1ccccc1C(O)C[C@H](N)C(=O)O. The van der Waals surface area contributed by atoms with Gasteiger partial charge in [0.2, 0.25) is 0 Å². The topological polar surface area (TPSA) is 110 Å². The van der Waals surface area contributed by atoms with E-state index in [2.05, 4.69) is 0 Å². The molecule has 0 amide bonds. The largest absolute Gasteiger partial charge is 0.480 e. The van der Waals surface area contributed by atoms with E-state index >= 15 is 0 Å². The van der Waals surface area contributed by atoms with Gasteiger partial charge in [-0.15, -0.1) is 0 Å². The lowest BCUT2D eigenvalue weighted by atomic mass is 10.0. The van der Waals surface area contributed by atoms with Crippen LogP contribution < -0.4 is 11.5 Å². The number of aliphatic hydroxyl groups excluding tert-OH is 1. The summed E-state index contributed by atoms with van der Waals surface area (Å²) in [5, 5.41) is 18.3. The molecule has 1 aromatic rings. The summed E-state index contributed by atoms with van der Waals surface area (Å²) in [6, 6.07) is 5.67. The Morgan fingerprint density at radius 1 is 1.40 bits per heavy atom. The van der Waals surface area contributed by atoms with Crippen molar-refractivity contribution in [2.45, 2.75) is 18.6 Å². The lowest BCUT2D eigenvalue weighted by Gasteiger charge is -2.15. The zero-order chi connectivity index (χ0) is 11.4. The Bertz CT molecular complexity index is 354. The van der Waals surface area contributed by atoms with Crippen LogP contribution in [0.5, 0.6) is 0 Å². The first-order valence-corrected chi connectivity index (χ1v) is 4.53. The minimum Gasteiger partial charge on any atom is -0.480 e. The number of nitrogen functional groups attached to an aromatic ring is 1. The number of carbonyl (C=O) groups is 1. The molecule has 2 atom stereocenters. The van der Waals surface area contributed by atoms with Gasteiger partial charge >= 0.3 is 5.97 Å². The van der Waals surface area contributed by atoms with Gasteiger partial charge in [-0.1, -0.05) is 18.2 Å². The summed E-state index contributed by atoms with van der Waals surface area (Å²) in [6.45, 7) is 0. The molecular formula is C10H14N2O3. The number of aliphatic hydroxyl groups is 1. The van der Waals surface area contributed by atoms with Crippen molar-refractivity contribution in [3.63, 3.8) is 0 Å². The number of benzene rings is 1. The highest BCUT2D eigenvalue weighted by molar-refractivity contribution is 5.73. The number of anilines is 1. The smallest absolute Gasteiger partial charge is 0.320 e. The lowest BCUT2D eigenvalue weighted by molar-refractivity contribution is -0.139. The van der Waals surface area contributed by atoms with Crippen LogP contribution in [-0.4, -0.2) is 22.2 Å². The summed E-state index contributed by atoms with van der Waals surface area (Å²) < 4.78 is 0. The number of hydrogen-bond donors (Lipinski definition) is 4. The molecule has 1 unspecified atom stereocenters. The van der Waals surface area contributed by atoms with Crippen LogP contribution in [0.3, 0.4) is 0 Å². The van der Waals surface area contributed by atoms with Gasteiger partial charge in [0.25, 0.3) is 0 Å². The Morgan fingerprint density at radius 3 is 2.53 bits per heavy atom. The van der Waals surface area contributed by atoms with Gasteiger partial charge in [-0.2, -0.15) is 0 Å². The predicted octanol–water partition coefficient (Wildman–Crippen LogP) is 0.104. The second kappa shape index (κ2) is 4.77. The van der Waals surface area contributed by atoms with Crippen molar-refractivity contribution in [2.75, 3.05) is 5.73 Å². The maximum absolute atomic E-state index is 10.5. The van der Waals surface area contributed by atoms with E-state index in [0.717, 1.165) is 0 Å². The summed E-state index contributed by atoms with van der Waals surface area (Å²) in [5.74, 6) is -1.14. The van der Waals surface area contributed by atoms with E-state index in [9.17, 15) is 9.90 Å². The van der Waals surface area contributed by atoms with Gasteiger partial charge in [0.15, 0.2) is 0 Å². The third-order valence-electron chi connectivity index (χ3n) is 2.15. The molecule has 0 radical (unpaired) electrons. The number of para-hydroxylation sites is 1. The Hall–Kier alpha value is -1.59. The molecular weight excluding hydrogens is 196 g/mol. The fourth-order valence-electron chi connectivity index (χ4n) is 1.28. The van der Waals surface area contributed by atoms with Crippen LogP contribution in [0.1, 0.15) is 18.1 Å². The number of carboxylic acids is 1. The van der Waals surface area contributed by atoms with Gasteiger partial charge in [-0.25, -0.2) is 0 Å². The van der Waals surface area contributed by atoms with Gasteiger partial charge in [0.1, 0.15) is 6.04 Å². The first kappa shape index (κ1) is 11.5. The predicted molar refractivity (Wildman–Crippen MR) is 56.0 cm³/mol. The second-order valence-electron chi connectivity index (χ2n) is 3.33. The molecule has 5 nitrogen and oxygen atoms in total. The van der Waals surface area contributed by atoms with Crippen molar-refractivity contribution in [1.82, 2.24) is 0 Å². The Balaban J connectivity index is 2.73. The van der Waals surface area contributed by atoms with E-state index in [-0.39, 0.29) is 6.42 Å². The average molecular weight is 210 g/mol. The van der Waals surface area contributed by atoms with Crippen LogP contribution >= 0.6 is 0 Å². The molecule has 0 aromatic heterocycles. The molecule has 0 aliphatic rings. The van der Waals surface area contributed by atoms with E-state index in [4.69, 9.17) is 16.6 Å². The van der Waals surface area contributed by atoms with Gasteiger partial charge in [-0.05, 0) is 6.07 Å². The molecule has 5 heteroatoms. The molecule has 82 valence electrons. The van der Waals surface area contributed by atoms with Crippen molar-refractivity contribution in [3.05, 3.63) is 29.8 Å². The van der Waals surface area contributed by atoms with Crippen LogP contribution in [-0.2, 0) is 4.79 Å². The molecule has 0 aliphatic carbocycles. The summed E-state index contributed by atoms with van der Waals surface area (Å²) in [6.07, 6.45) is -0.999. The fourth-order valence-corrected chi connectivity index (χ4v) is 1.28. The molecule has 15 heavy (non-hydrogen) atoms. The van der Waals surface area contributed by atoms with E-state index < -0.39 is 18.1 Å². The zero-order valence-corrected chi connectivity index (χ0v) is 8.13. The molecule has 0 saturated carbocycles. The Morgan fingerprint density at radius 2 is 2.00 bits per heavy atom. The molecule has 0 heterocycles. The third-order valence-corrected chi connectivity index (χ3v) is 2.15. The van der Waals surface area contributed by atoms with Gasteiger partial charge in [0.05, 0.1) is 6.10 Å². The molecule has 6 N–H and O–H groups in total. The maximum Gasteiger partial charge on any atom is 0.320 e. The standard InChI is InChI=1S/C10H14N2O3/c11-7-4-2-1-3-6(7)9(13)5-8(12)10(14)15/h1-4,8-9,13H,5,11-12H2,(H,14,15)/t8-,9?/m0/s1. The van der Waals surface area contributed by atoms with Gasteiger partial charge in [0, 0.05) is 17.7 Å². The highest BCUT2D eigenvalue weighted by Gasteiger charge is 2.19. The molecule has 0 fully saturated rings. The molecule has 0 saturated heterocycles. The van der Waals surface area contributed by atoms with Crippen molar-refractivity contribution in [3.8, 4) is 0 Å². The monoisotopic (exact) mass is 210 g/mol. The van der Waals surface area contributed by atoms with Gasteiger partial charge in [-0.3, -0.25) is 4.79 Å². The van der Waals surface area contributed by atoms with E-state index in [1.165, 1.54) is 0 Å². The van der Waals surface area contributed by atoms with Crippen LogP contribution in [0.25, 0.3) is 0 Å². The van der Waals surface area contributed by atoms with Crippen LogP contribution in [0, 0.1) is 0 Å². The van der Waals surface area contributed by atoms with Crippen LogP contribution in [0.2, 0.25) is 0 Å². The Kier molecular flexibility index (Phi) is 3.65. The summed E-state index contributed by atoms with van der Waals surface area (Å²) >= 11 is 0. The minimum absolute atomic E-state index is 0.0520. The Labute approximate surface area is 87.3 Å². The van der Waals surface area contributed by atoms with Crippen molar-refractivity contribution >= 4 is 11.7 Å². The third kappa shape index (κ3) is 2.93. The maximum atomic E-state index is 10.5. The van der Waals surface area contributed by atoms with Crippen LogP contribution in [0.4, 0.5) is 5.69 Å². The molecule has 0 aliphatic heterocycles. The molecule has 0 bridgehead atoms. The molecule has 0 spiro atoms. The number of hydrogen-bond acceptors (Lipinski definition) is 4. The van der Waals surface area contributed by atoms with E-state index in [0.29, 0.717) is 11.3 Å². The van der Waals surface area contributed by atoms with E-state index in [1.54, 1.807) is 24.3 Å². The summed E-state index contributed by atoms with van der Waals surface area (Å²) in [5.41, 5.74) is 11.9. The van der Waals surface area contributed by atoms with Crippen molar-refractivity contribution in [1.29, 1.82) is 0 Å². The number of nitrogens with two attached hydrogens (primary N) is 2. The van der Waals surface area contributed by atoms with Crippen molar-refractivity contribution < 1.29 is 15.0 Å². The number of aliphatic carboxylic acids is 1. The first-order chi connectivity index (χ1) is 7.02.